The maximum Gasteiger partial charge on any atom is 0.0346 e. The second-order valence-corrected chi connectivity index (χ2v) is 6.19. The molecule has 0 saturated heterocycles. The van der Waals surface area contributed by atoms with Crippen LogP contribution in [0.1, 0.15) is 50.2 Å². The molecular formula is C17H28N2. The van der Waals surface area contributed by atoms with E-state index < -0.39 is 0 Å². The van der Waals surface area contributed by atoms with Crippen LogP contribution in [0.3, 0.4) is 0 Å². The van der Waals surface area contributed by atoms with Crippen molar-refractivity contribution in [1.29, 1.82) is 0 Å². The molecular weight excluding hydrogens is 232 g/mol. The summed E-state index contributed by atoms with van der Waals surface area (Å²) in [4.78, 5) is 2.51. The van der Waals surface area contributed by atoms with Gasteiger partial charge in [-0.2, -0.15) is 0 Å². The van der Waals surface area contributed by atoms with E-state index in [0.29, 0.717) is 0 Å². The van der Waals surface area contributed by atoms with E-state index in [2.05, 4.69) is 44.0 Å². The molecule has 1 saturated carbocycles. The summed E-state index contributed by atoms with van der Waals surface area (Å²) in [7, 11) is 2.26. The molecule has 0 heterocycles. The fourth-order valence-corrected chi connectivity index (χ4v) is 3.20. The van der Waals surface area contributed by atoms with Crippen LogP contribution in [0.25, 0.3) is 0 Å². The highest BCUT2D eigenvalue weighted by Crippen LogP contribution is 2.29. The normalized spacial score (nSPS) is 23.8. The van der Waals surface area contributed by atoms with Crippen molar-refractivity contribution in [3.8, 4) is 0 Å². The molecule has 2 rings (SSSR count). The molecule has 0 unspecified atom stereocenters. The molecule has 2 heteroatoms. The third-order valence-corrected chi connectivity index (χ3v) is 4.79. The first-order valence-corrected chi connectivity index (χ1v) is 7.65. The summed E-state index contributed by atoms with van der Waals surface area (Å²) in [5.41, 5.74) is 9.42. The minimum absolute atomic E-state index is 0.755. The van der Waals surface area contributed by atoms with Gasteiger partial charge >= 0.3 is 0 Å². The molecule has 0 spiro atoms. The van der Waals surface area contributed by atoms with Crippen LogP contribution in [0.2, 0.25) is 0 Å². The van der Waals surface area contributed by atoms with Crippen LogP contribution < -0.4 is 5.73 Å². The third-order valence-electron chi connectivity index (χ3n) is 4.79. The molecule has 106 valence electrons. The monoisotopic (exact) mass is 260 g/mol. The van der Waals surface area contributed by atoms with E-state index in [-0.39, 0.29) is 0 Å². The molecule has 0 radical (unpaired) electrons. The lowest BCUT2D eigenvalue weighted by Gasteiger charge is -2.34. The molecule has 0 amide bonds. The average molecular weight is 260 g/mol. The molecule has 0 aromatic heterocycles. The molecule has 19 heavy (non-hydrogen) atoms. The van der Waals surface area contributed by atoms with Crippen LogP contribution in [0.5, 0.6) is 0 Å². The van der Waals surface area contributed by atoms with Crippen LogP contribution in [-0.2, 0) is 6.54 Å². The zero-order valence-corrected chi connectivity index (χ0v) is 12.7. The number of hydrogen-bond acceptors (Lipinski definition) is 2. The lowest BCUT2D eigenvalue weighted by Crippen LogP contribution is -2.34. The molecule has 0 atom stereocenters. The SMILES string of the molecule is CCC1CCC(N(C)Cc2ccc(C)c(N)c2)CC1. The largest absolute Gasteiger partial charge is 0.399 e. The predicted octanol–water partition coefficient (Wildman–Crippen LogP) is 3.98. The summed E-state index contributed by atoms with van der Waals surface area (Å²) < 4.78 is 0. The molecule has 1 aromatic carbocycles. The Morgan fingerprint density at radius 1 is 1.21 bits per heavy atom. The molecule has 1 aliphatic rings. The van der Waals surface area contributed by atoms with Gasteiger partial charge in [-0.05, 0) is 62.8 Å². The number of hydrogen-bond donors (Lipinski definition) is 1. The van der Waals surface area contributed by atoms with Gasteiger partial charge in [0.25, 0.3) is 0 Å². The second-order valence-electron chi connectivity index (χ2n) is 6.19. The van der Waals surface area contributed by atoms with E-state index in [9.17, 15) is 0 Å². The number of nitrogen functional groups attached to an aromatic ring is 1. The topological polar surface area (TPSA) is 29.3 Å². The summed E-state index contributed by atoms with van der Waals surface area (Å²) >= 11 is 0. The van der Waals surface area contributed by atoms with Gasteiger partial charge in [0.1, 0.15) is 0 Å². The van der Waals surface area contributed by atoms with Crippen molar-refractivity contribution < 1.29 is 0 Å². The van der Waals surface area contributed by atoms with Gasteiger partial charge in [-0.1, -0.05) is 25.5 Å². The molecule has 2 nitrogen and oxygen atoms in total. The Kier molecular flexibility index (Phi) is 4.87. The molecule has 0 bridgehead atoms. The van der Waals surface area contributed by atoms with Crippen LogP contribution in [0, 0.1) is 12.8 Å². The van der Waals surface area contributed by atoms with E-state index in [1.165, 1.54) is 43.2 Å². The first-order chi connectivity index (χ1) is 9.10. The predicted molar refractivity (Wildman–Crippen MR) is 83.1 cm³/mol. The minimum atomic E-state index is 0.755. The number of anilines is 1. The number of nitrogens with two attached hydrogens (primary N) is 1. The highest BCUT2D eigenvalue weighted by atomic mass is 15.1. The van der Waals surface area contributed by atoms with Crippen molar-refractivity contribution in [3.63, 3.8) is 0 Å². The van der Waals surface area contributed by atoms with Crippen LogP contribution in [0.15, 0.2) is 18.2 Å². The van der Waals surface area contributed by atoms with Crippen molar-refractivity contribution in [2.45, 2.75) is 58.5 Å². The Hall–Kier alpha value is -1.02. The highest BCUT2D eigenvalue weighted by Gasteiger charge is 2.22. The highest BCUT2D eigenvalue weighted by molar-refractivity contribution is 5.48. The van der Waals surface area contributed by atoms with E-state index in [4.69, 9.17) is 5.73 Å². The summed E-state index contributed by atoms with van der Waals surface area (Å²) in [6.07, 6.45) is 6.88. The molecule has 0 aliphatic heterocycles. The summed E-state index contributed by atoms with van der Waals surface area (Å²) in [6, 6.07) is 7.22. The van der Waals surface area contributed by atoms with Gasteiger partial charge in [0.05, 0.1) is 0 Å². The minimum Gasteiger partial charge on any atom is -0.399 e. The maximum absolute atomic E-state index is 5.99. The van der Waals surface area contributed by atoms with Crippen molar-refractivity contribution in [1.82, 2.24) is 4.90 Å². The van der Waals surface area contributed by atoms with E-state index in [1.54, 1.807) is 0 Å². The van der Waals surface area contributed by atoms with Gasteiger partial charge in [-0.25, -0.2) is 0 Å². The first kappa shape index (κ1) is 14.4. The van der Waals surface area contributed by atoms with Gasteiger partial charge in [-0.3, -0.25) is 4.90 Å². The third kappa shape index (κ3) is 3.73. The Labute approximate surface area is 118 Å². The van der Waals surface area contributed by atoms with Gasteiger partial charge < -0.3 is 5.73 Å². The van der Waals surface area contributed by atoms with E-state index in [0.717, 1.165) is 24.2 Å². The van der Waals surface area contributed by atoms with Gasteiger partial charge in [0, 0.05) is 18.3 Å². The Morgan fingerprint density at radius 3 is 2.47 bits per heavy atom. The Balaban J connectivity index is 1.90. The second kappa shape index (κ2) is 6.42. The van der Waals surface area contributed by atoms with Crippen LogP contribution in [0.4, 0.5) is 5.69 Å². The fraction of sp³-hybridized carbons (Fsp3) is 0.647. The quantitative estimate of drug-likeness (QED) is 0.830. The zero-order valence-electron chi connectivity index (χ0n) is 12.7. The number of nitrogens with zero attached hydrogens (tertiary/aromatic N) is 1. The number of aryl methyl sites for hydroxylation is 1. The Morgan fingerprint density at radius 2 is 1.89 bits per heavy atom. The smallest absolute Gasteiger partial charge is 0.0346 e. The van der Waals surface area contributed by atoms with Gasteiger partial charge in [-0.15, -0.1) is 0 Å². The molecule has 1 aromatic rings. The van der Waals surface area contributed by atoms with E-state index >= 15 is 0 Å². The first-order valence-electron chi connectivity index (χ1n) is 7.65. The summed E-state index contributed by atoms with van der Waals surface area (Å²) in [5, 5.41) is 0. The summed E-state index contributed by atoms with van der Waals surface area (Å²) in [5.74, 6) is 0.972. The van der Waals surface area contributed by atoms with Crippen molar-refractivity contribution in [3.05, 3.63) is 29.3 Å². The van der Waals surface area contributed by atoms with Crippen LogP contribution in [-0.4, -0.2) is 18.0 Å². The zero-order chi connectivity index (χ0) is 13.8. The summed E-state index contributed by atoms with van der Waals surface area (Å²) in [6.45, 7) is 5.41. The molecule has 2 N–H and O–H groups in total. The van der Waals surface area contributed by atoms with Gasteiger partial charge in [0.15, 0.2) is 0 Å². The Bertz CT molecular complexity index is 406. The molecule has 1 aliphatic carbocycles. The maximum atomic E-state index is 5.99. The molecule has 1 fully saturated rings. The van der Waals surface area contributed by atoms with Crippen molar-refractivity contribution in [2.24, 2.45) is 5.92 Å². The van der Waals surface area contributed by atoms with E-state index in [1.807, 2.05) is 0 Å². The van der Waals surface area contributed by atoms with Crippen molar-refractivity contribution in [2.75, 3.05) is 12.8 Å². The number of rotatable bonds is 4. The number of benzene rings is 1. The van der Waals surface area contributed by atoms with Crippen LogP contribution >= 0.6 is 0 Å². The fourth-order valence-electron chi connectivity index (χ4n) is 3.20. The van der Waals surface area contributed by atoms with Crippen molar-refractivity contribution >= 4 is 5.69 Å². The standard InChI is InChI=1S/C17H28N2/c1-4-14-7-9-16(10-8-14)19(3)12-15-6-5-13(2)17(18)11-15/h5-6,11,14,16H,4,7-10,12,18H2,1-3H3. The lowest BCUT2D eigenvalue weighted by atomic mass is 9.84. The lowest BCUT2D eigenvalue weighted by molar-refractivity contribution is 0.157. The average Bonchev–Trinajstić information content (AvgIpc) is 2.43. The van der Waals surface area contributed by atoms with Gasteiger partial charge in [0.2, 0.25) is 0 Å².